The summed E-state index contributed by atoms with van der Waals surface area (Å²) in [4.78, 5) is 16.4. The van der Waals surface area contributed by atoms with Gasteiger partial charge in [0.05, 0.1) is 0 Å². The number of nitrogens with one attached hydrogen (secondary N) is 1. The van der Waals surface area contributed by atoms with Gasteiger partial charge in [0.2, 0.25) is 0 Å². The van der Waals surface area contributed by atoms with Crippen molar-refractivity contribution < 1.29 is 0 Å². The second-order valence-electron chi connectivity index (χ2n) is 4.70. The van der Waals surface area contributed by atoms with E-state index in [1.165, 1.54) is 9.96 Å². The van der Waals surface area contributed by atoms with Crippen LogP contribution in [0.15, 0.2) is 29.1 Å². The zero-order chi connectivity index (χ0) is 13.6. The Bertz CT molecular complexity index is 812. The molecule has 5 heteroatoms. The van der Waals surface area contributed by atoms with Crippen LogP contribution in [0, 0.1) is 20.8 Å². The molecule has 5 nitrogen and oxygen atoms in total. The van der Waals surface area contributed by atoms with Gasteiger partial charge < -0.3 is 0 Å². The number of aromatic amines is 1. The minimum atomic E-state index is -0.263. The summed E-state index contributed by atoms with van der Waals surface area (Å²) in [6.07, 6.45) is 0. The van der Waals surface area contributed by atoms with E-state index in [9.17, 15) is 4.79 Å². The fraction of sp³-hybridized carbons (Fsp3) is 0.214. The number of H-pyrrole nitrogens is 1. The molecule has 0 saturated carbocycles. The highest BCUT2D eigenvalue weighted by atomic mass is 16.1. The monoisotopic (exact) mass is 254 g/mol. The lowest BCUT2D eigenvalue weighted by Crippen LogP contribution is -2.14. The van der Waals surface area contributed by atoms with Crippen molar-refractivity contribution in [1.82, 2.24) is 19.6 Å². The molecule has 2 heterocycles. The van der Waals surface area contributed by atoms with Crippen molar-refractivity contribution >= 4 is 5.65 Å². The Hall–Kier alpha value is -2.43. The van der Waals surface area contributed by atoms with Crippen molar-refractivity contribution in [2.24, 2.45) is 0 Å². The Labute approximate surface area is 109 Å². The molecule has 0 atom stereocenters. The van der Waals surface area contributed by atoms with E-state index in [1.54, 1.807) is 0 Å². The summed E-state index contributed by atoms with van der Waals surface area (Å²) in [6, 6.07) is 7.93. The van der Waals surface area contributed by atoms with Gasteiger partial charge in [-0.1, -0.05) is 29.8 Å². The minimum absolute atomic E-state index is 0.263. The molecule has 0 fully saturated rings. The summed E-state index contributed by atoms with van der Waals surface area (Å²) in [5, 5.41) is 6.55. The predicted molar refractivity (Wildman–Crippen MR) is 73.3 cm³/mol. The van der Waals surface area contributed by atoms with Crippen molar-refractivity contribution in [3.63, 3.8) is 0 Å². The first-order valence-electron chi connectivity index (χ1n) is 6.09. The second kappa shape index (κ2) is 4.05. The van der Waals surface area contributed by atoms with Crippen LogP contribution in [0.25, 0.3) is 17.0 Å². The topological polar surface area (TPSA) is 63.0 Å². The Kier molecular flexibility index (Phi) is 2.48. The quantitative estimate of drug-likeness (QED) is 0.722. The lowest BCUT2D eigenvalue weighted by atomic mass is 10.1. The summed E-state index contributed by atoms with van der Waals surface area (Å²) < 4.78 is 1.52. The highest BCUT2D eigenvalue weighted by Crippen LogP contribution is 2.20. The van der Waals surface area contributed by atoms with Gasteiger partial charge in [0, 0.05) is 16.8 Å². The molecule has 0 bridgehead atoms. The third-order valence-electron chi connectivity index (χ3n) is 3.35. The fourth-order valence-corrected chi connectivity index (χ4v) is 2.10. The van der Waals surface area contributed by atoms with Crippen molar-refractivity contribution in [2.45, 2.75) is 20.8 Å². The standard InChI is InChI=1S/C14H14N4O/c1-8-4-6-11(7-5-8)13-15-10(3)9(2)12-16-17-14(19)18(12)13/h4-7H,1-3H3,(H,17,19). The molecule has 19 heavy (non-hydrogen) atoms. The number of fused-ring (bicyclic) bond motifs is 1. The molecule has 3 rings (SSSR count). The van der Waals surface area contributed by atoms with E-state index < -0.39 is 0 Å². The van der Waals surface area contributed by atoms with Gasteiger partial charge in [0.15, 0.2) is 5.65 Å². The van der Waals surface area contributed by atoms with Crippen molar-refractivity contribution in [3.8, 4) is 11.4 Å². The Morgan fingerprint density at radius 2 is 1.79 bits per heavy atom. The summed E-state index contributed by atoms with van der Waals surface area (Å²) in [5.74, 6) is 0.622. The first-order chi connectivity index (χ1) is 9.08. The molecule has 0 radical (unpaired) electrons. The average Bonchev–Trinajstić information content (AvgIpc) is 2.78. The Morgan fingerprint density at radius 1 is 1.11 bits per heavy atom. The van der Waals surface area contributed by atoms with Gasteiger partial charge in [-0.2, -0.15) is 5.10 Å². The van der Waals surface area contributed by atoms with Crippen LogP contribution in [0.3, 0.4) is 0 Å². The van der Waals surface area contributed by atoms with Crippen LogP contribution in [0.2, 0.25) is 0 Å². The highest BCUT2D eigenvalue weighted by Gasteiger charge is 2.13. The van der Waals surface area contributed by atoms with Crippen LogP contribution < -0.4 is 5.69 Å². The van der Waals surface area contributed by atoms with Gasteiger partial charge in [0.1, 0.15) is 5.82 Å². The molecule has 0 aliphatic carbocycles. The maximum absolute atomic E-state index is 11.9. The molecule has 0 aliphatic rings. The fourth-order valence-electron chi connectivity index (χ4n) is 2.10. The number of benzene rings is 1. The van der Waals surface area contributed by atoms with Gasteiger partial charge in [-0.25, -0.2) is 19.3 Å². The van der Waals surface area contributed by atoms with E-state index in [1.807, 2.05) is 45.0 Å². The van der Waals surface area contributed by atoms with Crippen LogP contribution in [0.4, 0.5) is 0 Å². The summed E-state index contributed by atoms with van der Waals surface area (Å²) in [7, 11) is 0. The smallest absolute Gasteiger partial charge is 0.246 e. The lowest BCUT2D eigenvalue weighted by molar-refractivity contribution is 0.985. The van der Waals surface area contributed by atoms with Gasteiger partial charge in [0.25, 0.3) is 0 Å². The Balaban J connectivity index is 2.40. The summed E-state index contributed by atoms with van der Waals surface area (Å²) >= 11 is 0. The summed E-state index contributed by atoms with van der Waals surface area (Å²) in [6.45, 7) is 5.86. The van der Waals surface area contributed by atoms with Gasteiger partial charge in [-0.05, 0) is 20.8 Å². The van der Waals surface area contributed by atoms with Crippen LogP contribution in [0.5, 0.6) is 0 Å². The molecule has 0 amide bonds. The van der Waals surface area contributed by atoms with Gasteiger partial charge in [-0.15, -0.1) is 0 Å². The maximum atomic E-state index is 11.9. The number of aromatic nitrogens is 4. The largest absolute Gasteiger partial charge is 0.349 e. The molecule has 0 spiro atoms. The second-order valence-corrected chi connectivity index (χ2v) is 4.70. The lowest BCUT2D eigenvalue weighted by Gasteiger charge is -2.08. The van der Waals surface area contributed by atoms with Crippen molar-refractivity contribution in [2.75, 3.05) is 0 Å². The van der Waals surface area contributed by atoms with Crippen LogP contribution >= 0.6 is 0 Å². The third kappa shape index (κ3) is 1.74. The van der Waals surface area contributed by atoms with Crippen molar-refractivity contribution in [1.29, 1.82) is 0 Å². The van der Waals surface area contributed by atoms with Crippen molar-refractivity contribution in [3.05, 3.63) is 51.6 Å². The van der Waals surface area contributed by atoms with Crippen LogP contribution in [-0.2, 0) is 0 Å². The molecular weight excluding hydrogens is 240 g/mol. The van der Waals surface area contributed by atoms with Gasteiger partial charge in [-0.3, -0.25) is 0 Å². The zero-order valence-electron chi connectivity index (χ0n) is 11.1. The molecule has 0 unspecified atom stereocenters. The van der Waals surface area contributed by atoms with Gasteiger partial charge >= 0.3 is 5.69 Å². The molecular formula is C14H14N4O. The number of hydrogen-bond acceptors (Lipinski definition) is 3. The average molecular weight is 254 g/mol. The third-order valence-corrected chi connectivity index (χ3v) is 3.35. The SMILES string of the molecule is Cc1ccc(-c2nc(C)c(C)c3n[nH]c(=O)n23)cc1. The maximum Gasteiger partial charge on any atom is 0.349 e. The van der Waals surface area contributed by atoms with E-state index in [0.29, 0.717) is 11.5 Å². The minimum Gasteiger partial charge on any atom is -0.246 e. The van der Waals surface area contributed by atoms with E-state index >= 15 is 0 Å². The molecule has 2 aromatic heterocycles. The normalized spacial score (nSPS) is 11.1. The van der Waals surface area contributed by atoms with Crippen LogP contribution in [0.1, 0.15) is 16.8 Å². The van der Waals surface area contributed by atoms with E-state index in [4.69, 9.17) is 0 Å². The van der Waals surface area contributed by atoms with Crippen LogP contribution in [-0.4, -0.2) is 19.6 Å². The number of rotatable bonds is 1. The predicted octanol–water partition coefficient (Wildman–Crippen LogP) is 2.01. The molecule has 3 aromatic rings. The van der Waals surface area contributed by atoms with E-state index in [0.717, 1.165) is 16.8 Å². The molecule has 96 valence electrons. The first kappa shape index (κ1) is 11.6. The number of aryl methyl sites for hydroxylation is 3. The highest BCUT2D eigenvalue weighted by molar-refractivity contribution is 5.62. The molecule has 0 aliphatic heterocycles. The molecule has 1 N–H and O–H groups in total. The Morgan fingerprint density at radius 3 is 2.47 bits per heavy atom. The van der Waals surface area contributed by atoms with E-state index in [2.05, 4.69) is 15.2 Å². The van der Waals surface area contributed by atoms with E-state index in [-0.39, 0.29) is 5.69 Å². The molecule has 0 saturated heterocycles. The summed E-state index contributed by atoms with van der Waals surface area (Å²) in [5.41, 5.74) is 4.23. The molecule has 1 aromatic carbocycles. The first-order valence-corrected chi connectivity index (χ1v) is 6.09. The number of nitrogens with zero attached hydrogens (tertiary/aromatic N) is 3. The number of hydrogen-bond donors (Lipinski definition) is 1. The zero-order valence-corrected chi connectivity index (χ0v) is 11.1.